The molecular weight excluding hydrogens is 296 g/mol. The lowest BCUT2D eigenvalue weighted by atomic mass is 9.46. The van der Waals surface area contributed by atoms with E-state index < -0.39 is 5.60 Å². The number of rotatable bonds is 2. The first-order valence-electron chi connectivity index (χ1n) is 9.77. The van der Waals surface area contributed by atoms with Crippen molar-refractivity contribution in [3.05, 3.63) is 37.0 Å². The quantitative estimate of drug-likeness (QED) is 0.738. The molecule has 0 aromatic carbocycles. The molecule has 3 fully saturated rings. The molecular formula is C22H32O2. The summed E-state index contributed by atoms with van der Waals surface area (Å²) in [7, 11) is 0. The van der Waals surface area contributed by atoms with Gasteiger partial charge in [0.05, 0.1) is 11.7 Å². The number of aliphatic hydroxyl groups is 2. The largest absolute Gasteiger partial charge is 0.393 e. The Morgan fingerprint density at radius 1 is 1.08 bits per heavy atom. The van der Waals surface area contributed by atoms with Crippen LogP contribution in [-0.2, 0) is 0 Å². The van der Waals surface area contributed by atoms with Gasteiger partial charge >= 0.3 is 0 Å². The van der Waals surface area contributed by atoms with Crippen LogP contribution in [0, 0.1) is 28.6 Å². The van der Waals surface area contributed by atoms with E-state index in [9.17, 15) is 10.2 Å². The predicted molar refractivity (Wildman–Crippen MR) is 97.4 cm³/mol. The lowest BCUT2D eigenvalue weighted by molar-refractivity contribution is -0.0967. The Hall–Kier alpha value is -0.860. The van der Waals surface area contributed by atoms with Gasteiger partial charge in [-0.05, 0) is 69.1 Å². The highest BCUT2D eigenvalue weighted by Crippen LogP contribution is 2.67. The summed E-state index contributed by atoms with van der Waals surface area (Å²) < 4.78 is 0. The molecule has 0 heterocycles. The summed E-state index contributed by atoms with van der Waals surface area (Å²) in [6.45, 7) is 10.5. The van der Waals surface area contributed by atoms with E-state index in [1.807, 2.05) is 6.08 Å². The fourth-order valence-electron chi connectivity index (χ4n) is 7.11. The third-order valence-corrected chi connectivity index (χ3v) is 8.60. The third kappa shape index (κ3) is 1.90. The summed E-state index contributed by atoms with van der Waals surface area (Å²) in [4.78, 5) is 0. The molecule has 4 aliphatic carbocycles. The maximum Gasteiger partial charge on any atom is 0.0881 e. The zero-order chi connectivity index (χ0) is 17.2. The minimum absolute atomic E-state index is 0.0300. The molecule has 3 unspecified atom stereocenters. The monoisotopic (exact) mass is 328 g/mol. The molecule has 4 aliphatic rings. The molecule has 4 rings (SSSR count). The molecule has 24 heavy (non-hydrogen) atoms. The molecule has 2 heteroatoms. The van der Waals surface area contributed by atoms with Crippen LogP contribution in [0.25, 0.3) is 0 Å². The second-order valence-corrected chi connectivity index (χ2v) is 9.11. The number of allylic oxidation sites excluding steroid dienone is 2. The maximum atomic E-state index is 11.1. The van der Waals surface area contributed by atoms with Gasteiger partial charge in [0.2, 0.25) is 0 Å². The van der Waals surface area contributed by atoms with Gasteiger partial charge in [-0.3, -0.25) is 0 Å². The minimum atomic E-state index is -0.698. The summed E-state index contributed by atoms with van der Waals surface area (Å²) in [6.07, 6.45) is 14.3. The molecule has 132 valence electrons. The van der Waals surface area contributed by atoms with E-state index in [0.717, 1.165) is 51.4 Å². The van der Waals surface area contributed by atoms with Crippen LogP contribution in [0.4, 0.5) is 0 Å². The van der Waals surface area contributed by atoms with Crippen molar-refractivity contribution < 1.29 is 10.2 Å². The Balaban J connectivity index is 1.72. The van der Waals surface area contributed by atoms with E-state index in [-0.39, 0.29) is 16.9 Å². The van der Waals surface area contributed by atoms with E-state index in [1.165, 1.54) is 5.57 Å². The third-order valence-electron chi connectivity index (χ3n) is 8.60. The average molecular weight is 328 g/mol. The predicted octanol–water partition coefficient (Wildman–Crippen LogP) is 4.39. The van der Waals surface area contributed by atoms with Crippen molar-refractivity contribution in [1.82, 2.24) is 0 Å². The van der Waals surface area contributed by atoms with Crippen LogP contribution in [0.2, 0.25) is 0 Å². The Morgan fingerprint density at radius 3 is 2.54 bits per heavy atom. The van der Waals surface area contributed by atoms with Gasteiger partial charge < -0.3 is 10.2 Å². The van der Waals surface area contributed by atoms with Crippen LogP contribution < -0.4 is 0 Å². The normalized spacial score (nSPS) is 53.4. The summed E-state index contributed by atoms with van der Waals surface area (Å²) in [5, 5.41) is 21.3. The van der Waals surface area contributed by atoms with Crippen LogP contribution in [0.15, 0.2) is 37.0 Å². The Bertz CT molecular complexity index is 593. The number of hydrogen-bond acceptors (Lipinski definition) is 2. The molecule has 0 bridgehead atoms. The van der Waals surface area contributed by atoms with Crippen molar-refractivity contribution in [2.45, 2.75) is 70.0 Å². The van der Waals surface area contributed by atoms with Crippen LogP contribution in [0.1, 0.15) is 58.3 Å². The fraction of sp³-hybridized carbons (Fsp3) is 0.727. The van der Waals surface area contributed by atoms with Crippen LogP contribution in [0.5, 0.6) is 0 Å². The summed E-state index contributed by atoms with van der Waals surface area (Å²) in [5.41, 5.74) is 0.811. The highest BCUT2D eigenvalue weighted by atomic mass is 16.3. The Labute approximate surface area is 146 Å². The van der Waals surface area contributed by atoms with Gasteiger partial charge in [0.15, 0.2) is 0 Å². The lowest BCUT2D eigenvalue weighted by Crippen LogP contribution is -2.54. The standard InChI is InChI=1S/C22H32O2/c1-4-21-12-8-16(23)14-15(21)6-7-17-18-10-13-22(24,5-2)20(18,3)11-9-19(17)21/h4-6,16-19,23-24H,1-2,7-14H2,3H3/t16-,17?,18?,19?,20-,21-,22-/m0/s1. The van der Waals surface area contributed by atoms with Crippen molar-refractivity contribution in [3.8, 4) is 0 Å². The zero-order valence-electron chi connectivity index (χ0n) is 15.0. The summed E-state index contributed by atoms with van der Waals surface area (Å²) >= 11 is 0. The average Bonchev–Trinajstić information content (AvgIpc) is 2.86. The van der Waals surface area contributed by atoms with Crippen LogP contribution in [-0.4, -0.2) is 21.9 Å². The molecule has 0 aromatic rings. The van der Waals surface area contributed by atoms with Crippen LogP contribution in [0.3, 0.4) is 0 Å². The summed E-state index contributed by atoms with van der Waals surface area (Å²) in [5.74, 6) is 1.84. The first-order chi connectivity index (χ1) is 11.4. The highest BCUT2D eigenvalue weighted by molar-refractivity contribution is 5.32. The van der Waals surface area contributed by atoms with Gasteiger partial charge in [-0.1, -0.05) is 30.7 Å². The fourth-order valence-corrected chi connectivity index (χ4v) is 7.11. The van der Waals surface area contributed by atoms with Crippen molar-refractivity contribution in [2.24, 2.45) is 28.6 Å². The highest BCUT2D eigenvalue weighted by Gasteiger charge is 2.63. The van der Waals surface area contributed by atoms with E-state index in [0.29, 0.717) is 17.8 Å². The van der Waals surface area contributed by atoms with E-state index >= 15 is 0 Å². The van der Waals surface area contributed by atoms with Gasteiger partial charge in [0.25, 0.3) is 0 Å². The van der Waals surface area contributed by atoms with E-state index in [1.54, 1.807) is 0 Å². The van der Waals surface area contributed by atoms with Crippen molar-refractivity contribution in [1.29, 1.82) is 0 Å². The second kappa shape index (κ2) is 5.32. The molecule has 0 radical (unpaired) electrons. The minimum Gasteiger partial charge on any atom is -0.393 e. The first-order valence-corrected chi connectivity index (χ1v) is 9.77. The van der Waals surface area contributed by atoms with Crippen molar-refractivity contribution >= 4 is 0 Å². The second-order valence-electron chi connectivity index (χ2n) is 9.11. The van der Waals surface area contributed by atoms with Crippen molar-refractivity contribution in [2.75, 3.05) is 0 Å². The van der Waals surface area contributed by atoms with Gasteiger partial charge in [-0.2, -0.15) is 0 Å². The summed E-state index contributed by atoms with van der Waals surface area (Å²) in [6, 6.07) is 0. The van der Waals surface area contributed by atoms with Gasteiger partial charge in [-0.25, -0.2) is 0 Å². The van der Waals surface area contributed by atoms with Gasteiger partial charge in [0, 0.05) is 10.8 Å². The molecule has 7 atom stereocenters. The zero-order valence-corrected chi connectivity index (χ0v) is 15.0. The lowest BCUT2D eigenvalue weighted by Gasteiger charge is -2.58. The maximum absolute atomic E-state index is 11.1. The topological polar surface area (TPSA) is 40.5 Å². The molecule has 2 N–H and O–H groups in total. The molecule has 0 amide bonds. The van der Waals surface area contributed by atoms with Gasteiger partial charge in [-0.15, -0.1) is 13.2 Å². The molecule has 0 aliphatic heterocycles. The number of fused-ring (bicyclic) bond motifs is 5. The van der Waals surface area contributed by atoms with Gasteiger partial charge in [0.1, 0.15) is 0 Å². The Kier molecular flexibility index (Phi) is 3.68. The van der Waals surface area contributed by atoms with E-state index in [4.69, 9.17) is 0 Å². The Morgan fingerprint density at radius 2 is 1.83 bits per heavy atom. The first kappa shape index (κ1) is 16.6. The molecule has 0 aromatic heterocycles. The molecule has 0 saturated heterocycles. The van der Waals surface area contributed by atoms with E-state index in [2.05, 4.69) is 32.2 Å². The number of aliphatic hydroxyl groups excluding tert-OH is 1. The molecule has 3 saturated carbocycles. The SMILES string of the molecule is C=C[C@]12CC[C@H](O)CC1=CCC1C2CC[C@@]2(C)C1CC[C@@]2(O)C=C. The number of hydrogen-bond donors (Lipinski definition) is 2. The van der Waals surface area contributed by atoms with Crippen molar-refractivity contribution in [3.63, 3.8) is 0 Å². The smallest absolute Gasteiger partial charge is 0.0881 e. The molecule has 0 spiro atoms. The molecule has 2 nitrogen and oxygen atoms in total. The van der Waals surface area contributed by atoms with Crippen LogP contribution >= 0.6 is 0 Å².